The molecule has 18 heavy (non-hydrogen) atoms. The summed E-state index contributed by atoms with van der Waals surface area (Å²) in [6.45, 7) is 4.00. The molecule has 0 saturated heterocycles. The van der Waals surface area contributed by atoms with Crippen molar-refractivity contribution in [3.05, 3.63) is 24.3 Å². The summed E-state index contributed by atoms with van der Waals surface area (Å²) >= 11 is 0. The molecule has 0 bridgehead atoms. The molecule has 0 fully saturated rings. The van der Waals surface area contributed by atoms with E-state index in [4.69, 9.17) is 9.47 Å². The van der Waals surface area contributed by atoms with Crippen LogP contribution in [0.3, 0.4) is 0 Å². The molecule has 1 atom stereocenters. The normalized spacial score (nSPS) is 13.7. The second-order valence-electron chi connectivity index (χ2n) is 4.13. The third-order valence-electron chi connectivity index (χ3n) is 2.58. The maximum absolute atomic E-state index is 11.3. The van der Waals surface area contributed by atoms with E-state index in [0.29, 0.717) is 12.3 Å². The third kappa shape index (κ3) is 3.63. The van der Waals surface area contributed by atoms with Gasteiger partial charge in [0.2, 0.25) is 0 Å². The molecule has 1 unspecified atom stereocenters. The molecule has 1 rings (SSSR count). The number of benzene rings is 1. The summed E-state index contributed by atoms with van der Waals surface area (Å²) in [5, 5.41) is 12.2. The second kappa shape index (κ2) is 6.26. The zero-order valence-electron chi connectivity index (χ0n) is 10.9. The van der Waals surface area contributed by atoms with Crippen LogP contribution >= 0.6 is 0 Å². The fraction of sp³-hybridized carbons (Fsp3) is 0.462. The van der Waals surface area contributed by atoms with Crippen LogP contribution in [-0.4, -0.2) is 36.9 Å². The highest BCUT2D eigenvalue weighted by atomic mass is 16.5. The standard InChI is InChI=1S/C13H19NO4/c1-4-18-9-13(2,12(15)16)14-10-5-7-11(17-3)8-6-10/h5-8,14H,4,9H2,1-3H3,(H,15,16). The molecule has 0 spiro atoms. The van der Waals surface area contributed by atoms with Gasteiger partial charge in [-0.05, 0) is 38.1 Å². The van der Waals surface area contributed by atoms with Gasteiger partial charge < -0.3 is 19.9 Å². The van der Waals surface area contributed by atoms with Crippen LogP contribution in [0.4, 0.5) is 5.69 Å². The van der Waals surface area contributed by atoms with Gasteiger partial charge in [0.15, 0.2) is 5.54 Å². The minimum atomic E-state index is -1.15. The van der Waals surface area contributed by atoms with E-state index >= 15 is 0 Å². The van der Waals surface area contributed by atoms with Crippen LogP contribution in [0.15, 0.2) is 24.3 Å². The number of anilines is 1. The molecule has 0 amide bonds. The van der Waals surface area contributed by atoms with Crippen molar-refractivity contribution in [1.82, 2.24) is 0 Å². The fourth-order valence-electron chi connectivity index (χ4n) is 1.45. The van der Waals surface area contributed by atoms with Crippen LogP contribution in [-0.2, 0) is 9.53 Å². The molecule has 5 heteroatoms. The van der Waals surface area contributed by atoms with Gasteiger partial charge in [0, 0.05) is 12.3 Å². The Morgan fingerprint density at radius 1 is 1.39 bits per heavy atom. The Balaban J connectivity index is 2.79. The summed E-state index contributed by atoms with van der Waals surface area (Å²) in [7, 11) is 1.58. The molecule has 0 aliphatic heterocycles. The summed E-state index contributed by atoms with van der Waals surface area (Å²) < 4.78 is 10.3. The number of methoxy groups -OCH3 is 1. The molecule has 2 N–H and O–H groups in total. The number of carbonyl (C=O) groups is 1. The number of carboxylic acid groups (broad SMARTS) is 1. The summed E-state index contributed by atoms with van der Waals surface area (Å²) in [5.74, 6) is -0.228. The molecule has 0 heterocycles. The monoisotopic (exact) mass is 253 g/mol. The van der Waals surface area contributed by atoms with Crippen molar-refractivity contribution in [3.63, 3.8) is 0 Å². The number of ether oxygens (including phenoxy) is 2. The van der Waals surface area contributed by atoms with Gasteiger partial charge in [0.05, 0.1) is 13.7 Å². The highest BCUT2D eigenvalue weighted by molar-refractivity contribution is 5.82. The van der Waals surface area contributed by atoms with Crippen LogP contribution < -0.4 is 10.1 Å². The number of rotatable bonds is 7. The van der Waals surface area contributed by atoms with Crippen LogP contribution in [0.1, 0.15) is 13.8 Å². The Labute approximate surface area is 107 Å². The van der Waals surface area contributed by atoms with E-state index in [1.54, 1.807) is 38.3 Å². The quantitative estimate of drug-likeness (QED) is 0.777. The summed E-state index contributed by atoms with van der Waals surface area (Å²) in [6, 6.07) is 7.08. The molecule has 0 aliphatic carbocycles. The lowest BCUT2D eigenvalue weighted by molar-refractivity contribution is -0.143. The Morgan fingerprint density at radius 3 is 2.44 bits per heavy atom. The zero-order chi connectivity index (χ0) is 13.6. The van der Waals surface area contributed by atoms with Crippen molar-refractivity contribution in [2.24, 2.45) is 0 Å². The third-order valence-corrected chi connectivity index (χ3v) is 2.58. The first-order valence-electron chi connectivity index (χ1n) is 5.75. The number of nitrogens with one attached hydrogen (secondary N) is 1. The number of carboxylic acids is 1. The first-order valence-corrected chi connectivity index (χ1v) is 5.75. The Bertz CT molecular complexity index is 390. The van der Waals surface area contributed by atoms with E-state index in [9.17, 15) is 9.90 Å². The van der Waals surface area contributed by atoms with Crippen LogP contribution in [0.5, 0.6) is 5.75 Å². The number of hydrogen-bond donors (Lipinski definition) is 2. The van der Waals surface area contributed by atoms with E-state index in [1.807, 2.05) is 6.92 Å². The largest absolute Gasteiger partial charge is 0.497 e. The van der Waals surface area contributed by atoms with Crippen molar-refractivity contribution >= 4 is 11.7 Å². The maximum atomic E-state index is 11.3. The number of aliphatic carboxylic acids is 1. The van der Waals surface area contributed by atoms with Crippen molar-refractivity contribution in [1.29, 1.82) is 0 Å². The predicted molar refractivity (Wildman–Crippen MR) is 69.2 cm³/mol. The lowest BCUT2D eigenvalue weighted by Crippen LogP contribution is -2.47. The minimum absolute atomic E-state index is 0.102. The van der Waals surface area contributed by atoms with Gasteiger partial charge in [0.1, 0.15) is 5.75 Å². The first kappa shape index (κ1) is 14.3. The van der Waals surface area contributed by atoms with Crippen LogP contribution in [0.25, 0.3) is 0 Å². The molecular formula is C13H19NO4. The van der Waals surface area contributed by atoms with E-state index < -0.39 is 11.5 Å². The zero-order valence-corrected chi connectivity index (χ0v) is 10.9. The van der Waals surface area contributed by atoms with E-state index in [2.05, 4.69) is 5.32 Å². The molecule has 5 nitrogen and oxygen atoms in total. The number of hydrogen-bond acceptors (Lipinski definition) is 4. The van der Waals surface area contributed by atoms with Gasteiger partial charge in [-0.1, -0.05) is 0 Å². The summed E-state index contributed by atoms with van der Waals surface area (Å²) in [5.41, 5.74) is -0.440. The van der Waals surface area contributed by atoms with Crippen LogP contribution in [0.2, 0.25) is 0 Å². The Hall–Kier alpha value is -1.75. The highest BCUT2D eigenvalue weighted by Gasteiger charge is 2.33. The molecule has 100 valence electrons. The fourth-order valence-corrected chi connectivity index (χ4v) is 1.45. The molecule has 0 radical (unpaired) electrons. The minimum Gasteiger partial charge on any atom is -0.497 e. The molecule has 0 saturated carbocycles. The Morgan fingerprint density at radius 2 is 2.00 bits per heavy atom. The van der Waals surface area contributed by atoms with Crippen molar-refractivity contribution in [2.75, 3.05) is 25.6 Å². The molecular weight excluding hydrogens is 234 g/mol. The smallest absolute Gasteiger partial charge is 0.331 e. The summed E-state index contributed by atoms with van der Waals surface area (Å²) in [6.07, 6.45) is 0. The van der Waals surface area contributed by atoms with Crippen molar-refractivity contribution < 1.29 is 19.4 Å². The average molecular weight is 253 g/mol. The average Bonchev–Trinajstić information content (AvgIpc) is 2.37. The van der Waals surface area contributed by atoms with Gasteiger partial charge in [-0.15, -0.1) is 0 Å². The second-order valence-corrected chi connectivity index (χ2v) is 4.13. The maximum Gasteiger partial charge on any atom is 0.331 e. The van der Waals surface area contributed by atoms with Crippen molar-refractivity contribution in [3.8, 4) is 5.75 Å². The van der Waals surface area contributed by atoms with Gasteiger partial charge in [-0.3, -0.25) is 0 Å². The van der Waals surface area contributed by atoms with E-state index in [0.717, 1.165) is 5.75 Å². The lowest BCUT2D eigenvalue weighted by Gasteiger charge is -2.27. The van der Waals surface area contributed by atoms with Gasteiger partial charge in [-0.2, -0.15) is 0 Å². The van der Waals surface area contributed by atoms with E-state index in [1.165, 1.54) is 0 Å². The van der Waals surface area contributed by atoms with Gasteiger partial charge in [0.25, 0.3) is 0 Å². The molecule has 0 aromatic heterocycles. The van der Waals surface area contributed by atoms with E-state index in [-0.39, 0.29) is 6.61 Å². The topological polar surface area (TPSA) is 67.8 Å². The SMILES string of the molecule is CCOCC(C)(Nc1ccc(OC)cc1)C(=O)O. The molecule has 1 aromatic carbocycles. The van der Waals surface area contributed by atoms with Gasteiger partial charge >= 0.3 is 5.97 Å². The predicted octanol–water partition coefficient (Wildman–Crippen LogP) is 1.99. The molecule has 1 aromatic rings. The lowest BCUT2D eigenvalue weighted by atomic mass is 10.0. The van der Waals surface area contributed by atoms with Crippen LogP contribution in [0, 0.1) is 0 Å². The Kier molecular flexibility index (Phi) is 4.97. The van der Waals surface area contributed by atoms with Gasteiger partial charge in [-0.25, -0.2) is 4.79 Å². The first-order chi connectivity index (χ1) is 8.51. The van der Waals surface area contributed by atoms with Crippen molar-refractivity contribution in [2.45, 2.75) is 19.4 Å². The highest BCUT2D eigenvalue weighted by Crippen LogP contribution is 2.19. The molecule has 0 aliphatic rings. The summed E-state index contributed by atoms with van der Waals surface area (Å²) in [4.78, 5) is 11.3.